The highest BCUT2D eigenvalue weighted by atomic mass is 32.2. The molecule has 0 unspecified atom stereocenters. The molecule has 5 heteroatoms. The summed E-state index contributed by atoms with van der Waals surface area (Å²) in [5, 5.41) is 2.78. The van der Waals surface area contributed by atoms with E-state index in [0.717, 1.165) is 32.0 Å². The van der Waals surface area contributed by atoms with E-state index in [2.05, 4.69) is 11.1 Å². The Morgan fingerprint density at radius 1 is 1.12 bits per heavy atom. The molecule has 128 valence electrons. The smallest absolute Gasteiger partial charge is 0.356 e. The number of aromatic nitrogens is 1. The summed E-state index contributed by atoms with van der Waals surface area (Å²) >= 11 is 1.52. The van der Waals surface area contributed by atoms with Gasteiger partial charge < -0.3 is 9.47 Å². The van der Waals surface area contributed by atoms with Gasteiger partial charge in [0.05, 0.1) is 13.7 Å². The molecule has 1 aromatic heterocycles. The lowest BCUT2D eigenvalue weighted by Crippen LogP contribution is -2.07. The van der Waals surface area contributed by atoms with E-state index >= 15 is 0 Å². The standard InChI is InChI=1S/C20H19NO3S/c1-4-24-20(22)18-12-14-6-5-13(2)11-17(14)19(21-18)25-16-9-7-15(23-3)8-10-16/h5-12H,4H2,1-3H3. The zero-order valence-corrected chi connectivity index (χ0v) is 15.2. The SMILES string of the molecule is CCOC(=O)c1cc2ccc(C)cc2c(Sc2ccc(OC)cc2)n1. The van der Waals surface area contributed by atoms with E-state index in [4.69, 9.17) is 9.47 Å². The van der Waals surface area contributed by atoms with Crippen molar-refractivity contribution in [3.8, 4) is 5.75 Å². The maximum absolute atomic E-state index is 12.1. The van der Waals surface area contributed by atoms with Crippen molar-refractivity contribution < 1.29 is 14.3 Å². The van der Waals surface area contributed by atoms with Gasteiger partial charge in [-0.15, -0.1) is 0 Å². The monoisotopic (exact) mass is 353 g/mol. The fourth-order valence-electron chi connectivity index (χ4n) is 2.47. The number of esters is 1. The lowest BCUT2D eigenvalue weighted by atomic mass is 10.1. The first-order chi connectivity index (χ1) is 12.1. The minimum absolute atomic E-state index is 0.327. The molecule has 3 aromatic rings. The summed E-state index contributed by atoms with van der Waals surface area (Å²) in [5.74, 6) is 0.403. The number of fused-ring (bicyclic) bond motifs is 1. The first-order valence-corrected chi connectivity index (χ1v) is 8.83. The van der Waals surface area contributed by atoms with Crippen LogP contribution in [0.15, 0.2) is 58.5 Å². The molecule has 25 heavy (non-hydrogen) atoms. The summed E-state index contributed by atoms with van der Waals surface area (Å²) in [5.41, 5.74) is 1.48. The molecular formula is C20H19NO3S. The zero-order chi connectivity index (χ0) is 17.8. The number of aryl methyl sites for hydroxylation is 1. The fraction of sp³-hybridized carbons (Fsp3) is 0.200. The van der Waals surface area contributed by atoms with Gasteiger partial charge >= 0.3 is 5.97 Å². The van der Waals surface area contributed by atoms with E-state index < -0.39 is 5.97 Å². The number of carbonyl (C=O) groups is 1. The Kier molecular flexibility index (Phi) is 5.24. The number of methoxy groups -OCH3 is 1. The van der Waals surface area contributed by atoms with E-state index in [1.165, 1.54) is 11.8 Å². The molecule has 0 spiro atoms. The third kappa shape index (κ3) is 3.94. The van der Waals surface area contributed by atoms with Gasteiger partial charge in [0.2, 0.25) is 0 Å². The van der Waals surface area contributed by atoms with Crippen molar-refractivity contribution in [2.24, 2.45) is 0 Å². The number of carbonyl (C=O) groups excluding carboxylic acids is 1. The van der Waals surface area contributed by atoms with Gasteiger partial charge in [0, 0.05) is 10.3 Å². The van der Waals surface area contributed by atoms with Crippen molar-refractivity contribution in [3.05, 3.63) is 59.8 Å². The normalized spacial score (nSPS) is 10.7. The molecule has 0 atom stereocenters. The second-order valence-corrected chi connectivity index (χ2v) is 6.60. The Morgan fingerprint density at radius 3 is 2.56 bits per heavy atom. The summed E-state index contributed by atoms with van der Waals surface area (Å²) in [7, 11) is 1.64. The van der Waals surface area contributed by atoms with Gasteiger partial charge in [-0.05, 0) is 55.6 Å². The molecule has 3 rings (SSSR count). The van der Waals surface area contributed by atoms with Crippen molar-refractivity contribution in [3.63, 3.8) is 0 Å². The molecule has 0 aliphatic carbocycles. The molecular weight excluding hydrogens is 334 g/mol. The first kappa shape index (κ1) is 17.3. The number of ether oxygens (including phenoxy) is 2. The van der Waals surface area contributed by atoms with Gasteiger partial charge in [-0.3, -0.25) is 0 Å². The molecule has 4 nitrogen and oxygen atoms in total. The summed E-state index contributed by atoms with van der Waals surface area (Å²) < 4.78 is 10.3. The third-order valence-corrected chi connectivity index (χ3v) is 4.72. The Balaban J connectivity index is 2.06. The van der Waals surface area contributed by atoms with Crippen LogP contribution in [0.4, 0.5) is 0 Å². The van der Waals surface area contributed by atoms with Crippen LogP contribution in [0.3, 0.4) is 0 Å². The topological polar surface area (TPSA) is 48.4 Å². The lowest BCUT2D eigenvalue weighted by Gasteiger charge is -2.10. The zero-order valence-electron chi connectivity index (χ0n) is 14.4. The van der Waals surface area contributed by atoms with Gasteiger partial charge in [0.15, 0.2) is 0 Å². The number of pyridine rings is 1. The van der Waals surface area contributed by atoms with Gasteiger partial charge in [-0.1, -0.05) is 29.5 Å². The van der Waals surface area contributed by atoms with E-state index in [-0.39, 0.29) is 0 Å². The first-order valence-electron chi connectivity index (χ1n) is 8.01. The molecule has 0 saturated heterocycles. The predicted molar refractivity (Wildman–Crippen MR) is 99.6 cm³/mol. The molecule has 0 bridgehead atoms. The maximum atomic E-state index is 12.1. The minimum atomic E-state index is -0.401. The van der Waals surface area contributed by atoms with Crippen molar-refractivity contribution in [1.82, 2.24) is 4.98 Å². The summed E-state index contributed by atoms with van der Waals surface area (Å²) in [4.78, 5) is 17.7. The van der Waals surface area contributed by atoms with E-state index in [0.29, 0.717) is 12.3 Å². The van der Waals surface area contributed by atoms with Gasteiger partial charge in [-0.2, -0.15) is 0 Å². The molecule has 0 saturated carbocycles. The second kappa shape index (κ2) is 7.57. The number of hydrogen-bond acceptors (Lipinski definition) is 5. The van der Waals surface area contributed by atoms with Crippen LogP contribution in [0.5, 0.6) is 5.75 Å². The Morgan fingerprint density at radius 2 is 1.88 bits per heavy atom. The average molecular weight is 353 g/mol. The van der Waals surface area contributed by atoms with Crippen molar-refractivity contribution in [2.75, 3.05) is 13.7 Å². The van der Waals surface area contributed by atoms with Crippen molar-refractivity contribution in [2.45, 2.75) is 23.8 Å². The molecule has 0 amide bonds. The molecule has 1 heterocycles. The van der Waals surface area contributed by atoms with Crippen LogP contribution >= 0.6 is 11.8 Å². The van der Waals surface area contributed by atoms with Crippen LogP contribution < -0.4 is 4.74 Å². The number of rotatable bonds is 5. The molecule has 0 N–H and O–H groups in total. The Labute approximate surface area is 151 Å². The Bertz CT molecular complexity index is 907. The van der Waals surface area contributed by atoms with Crippen molar-refractivity contribution >= 4 is 28.5 Å². The van der Waals surface area contributed by atoms with Crippen LogP contribution in [-0.2, 0) is 4.74 Å². The fourth-order valence-corrected chi connectivity index (χ4v) is 3.40. The summed E-state index contributed by atoms with van der Waals surface area (Å²) in [6, 6.07) is 15.7. The van der Waals surface area contributed by atoms with E-state index in [9.17, 15) is 4.79 Å². The molecule has 0 radical (unpaired) electrons. The van der Waals surface area contributed by atoms with Crippen LogP contribution in [0.2, 0.25) is 0 Å². The maximum Gasteiger partial charge on any atom is 0.356 e. The van der Waals surface area contributed by atoms with Gasteiger partial charge in [0.25, 0.3) is 0 Å². The molecule has 0 fully saturated rings. The highest BCUT2D eigenvalue weighted by Gasteiger charge is 2.14. The number of hydrogen-bond donors (Lipinski definition) is 0. The molecule has 0 aliphatic rings. The number of benzene rings is 2. The molecule has 2 aromatic carbocycles. The Hall–Kier alpha value is -2.53. The average Bonchev–Trinajstić information content (AvgIpc) is 2.62. The van der Waals surface area contributed by atoms with Gasteiger partial charge in [0.1, 0.15) is 16.5 Å². The van der Waals surface area contributed by atoms with E-state index in [1.807, 2.05) is 43.3 Å². The molecule has 0 aliphatic heterocycles. The minimum Gasteiger partial charge on any atom is -0.497 e. The van der Waals surface area contributed by atoms with Crippen LogP contribution in [0.1, 0.15) is 23.0 Å². The second-order valence-electron chi connectivity index (χ2n) is 5.54. The quantitative estimate of drug-likeness (QED) is 0.612. The lowest BCUT2D eigenvalue weighted by molar-refractivity contribution is 0.0519. The third-order valence-electron chi connectivity index (χ3n) is 3.71. The van der Waals surface area contributed by atoms with E-state index in [1.54, 1.807) is 20.1 Å². The predicted octanol–water partition coefficient (Wildman–Crippen LogP) is 4.88. The summed E-state index contributed by atoms with van der Waals surface area (Å²) in [6.45, 7) is 4.16. The number of nitrogens with zero attached hydrogens (tertiary/aromatic N) is 1. The van der Waals surface area contributed by atoms with Crippen molar-refractivity contribution in [1.29, 1.82) is 0 Å². The highest BCUT2D eigenvalue weighted by Crippen LogP contribution is 2.34. The van der Waals surface area contributed by atoms with Gasteiger partial charge in [-0.25, -0.2) is 9.78 Å². The van der Waals surface area contributed by atoms with Crippen LogP contribution in [0, 0.1) is 6.92 Å². The summed E-state index contributed by atoms with van der Waals surface area (Å²) in [6.07, 6.45) is 0. The van der Waals surface area contributed by atoms with Crippen LogP contribution in [-0.4, -0.2) is 24.7 Å². The van der Waals surface area contributed by atoms with Crippen LogP contribution in [0.25, 0.3) is 10.8 Å². The largest absolute Gasteiger partial charge is 0.497 e. The highest BCUT2D eigenvalue weighted by molar-refractivity contribution is 7.99.